The number of nitrogens with two attached hydrogens (primary N) is 1. The lowest BCUT2D eigenvalue weighted by Crippen LogP contribution is -2.48. The lowest BCUT2D eigenvalue weighted by Gasteiger charge is -2.34. The number of nitrogens with zero attached hydrogens (tertiary/aromatic N) is 2. The van der Waals surface area contributed by atoms with Crippen molar-refractivity contribution < 1.29 is 9.18 Å². The number of carbonyl (C=O) groups excluding carboxylic acids is 1. The maximum absolute atomic E-state index is 13.5. The number of hydrogen-bond acceptors (Lipinski definition) is 4. The number of rotatable bonds is 3. The van der Waals surface area contributed by atoms with Crippen LogP contribution in [0.15, 0.2) is 23.3 Å². The number of benzene rings is 1. The molecule has 1 amide bonds. The van der Waals surface area contributed by atoms with Gasteiger partial charge < -0.3 is 16.1 Å². The maximum Gasteiger partial charge on any atom is 0.238 e. The van der Waals surface area contributed by atoms with Gasteiger partial charge in [-0.15, -0.1) is 0 Å². The zero-order valence-electron chi connectivity index (χ0n) is 11.3. The van der Waals surface area contributed by atoms with Crippen molar-refractivity contribution in [2.24, 2.45) is 16.8 Å². The van der Waals surface area contributed by atoms with Crippen LogP contribution in [0, 0.1) is 11.7 Å². The quantitative estimate of drug-likeness (QED) is 0.859. The van der Waals surface area contributed by atoms with Gasteiger partial charge in [0, 0.05) is 12.1 Å². The Labute approximate surface area is 116 Å². The van der Waals surface area contributed by atoms with E-state index in [1.165, 1.54) is 12.1 Å². The minimum absolute atomic E-state index is 0.00816. The van der Waals surface area contributed by atoms with Gasteiger partial charge in [0.1, 0.15) is 11.7 Å². The number of hydrogen-bond donors (Lipinski definition) is 2. The molecule has 0 fully saturated rings. The van der Waals surface area contributed by atoms with E-state index >= 15 is 0 Å². The van der Waals surface area contributed by atoms with E-state index in [1.807, 2.05) is 6.92 Å². The van der Waals surface area contributed by atoms with Crippen molar-refractivity contribution in [2.45, 2.75) is 19.4 Å². The molecule has 2 heterocycles. The van der Waals surface area contributed by atoms with Crippen molar-refractivity contribution in [3.63, 3.8) is 0 Å². The monoisotopic (exact) mass is 276 g/mol. The molecule has 5 nitrogen and oxygen atoms in total. The van der Waals surface area contributed by atoms with Crippen LogP contribution in [0.1, 0.15) is 18.9 Å². The van der Waals surface area contributed by atoms with Gasteiger partial charge in [-0.2, -0.15) is 5.10 Å². The summed E-state index contributed by atoms with van der Waals surface area (Å²) in [6.07, 6.45) is 0.712. The predicted molar refractivity (Wildman–Crippen MR) is 75.0 cm³/mol. The average Bonchev–Trinajstić information content (AvgIpc) is 2.82. The van der Waals surface area contributed by atoms with Crippen LogP contribution >= 0.6 is 0 Å². The molecule has 1 aromatic carbocycles. The van der Waals surface area contributed by atoms with Gasteiger partial charge in [0.2, 0.25) is 5.91 Å². The Balaban J connectivity index is 2.09. The molecule has 0 bridgehead atoms. The van der Waals surface area contributed by atoms with E-state index in [0.29, 0.717) is 30.8 Å². The summed E-state index contributed by atoms with van der Waals surface area (Å²) in [6.45, 7) is 2.97. The molecule has 3 rings (SSSR count). The fourth-order valence-electron chi connectivity index (χ4n) is 2.83. The molecular weight excluding hydrogens is 259 g/mol. The van der Waals surface area contributed by atoms with E-state index in [-0.39, 0.29) is 23.7 Å². The largest absolute Gasteiger partial charge is 0.330 e. The first-order valence-electron chi connectivity index (χ1n) is 6.78. The first kappa shape index (κ1) is 13.1. The Kier molecular flexibility index (Phi) is 3.17. The fraction of sp³-hybridized carbons (Fsp3) is 0.429. The van der Waals surface area contributed by atoms with Gasteiger partial charge >= 0.3 is 0 Å². The maximum atomic E-state index is 13.5. The molecule has 2 unspecified atom stereocenters. The molecule has 1 aromatic rings. The summed E-state index contributed by atoms with van der Waals surface area (Å²) in [5.41, 5.74) is 10.5. The molecule has 0 radical (unpaired) electrons. The second-order valence-corrected chi connectivity index (χ2v) is 5.19. The van der Waals surface area contributed by atoms with Gasteiger partial charge in [-0.3, -0.25) is 4.79 Å². The van der Waals surface area contributed by atoms with E-state index in [1.54, 1.807) is 11.0 Å². The molecule has 2 aliphatic heterocycles. The average molecular weight is 276 g/mol. The minimum Gasteiger partial charge on any atom is -0.330 e. The molecule has 0 aromatic heterocycles. The first-order valence-corrected chi connectivity index (χ1v) is 6.78. The van der Waals surface area contributed by atoms with Crippen molar-refractivity contribution in [3.05, 3.63) is 29.6 Å². The first-order chi connectivity index (χ1) is 9.63. The van der Waals surface area contributed by atoms with E-state index in [9.17, 15) is 9.18 Å². The Morgan fingerprint density at radius 2 is 2.30 bits per heavy atom. The highest BCUT2D eigenvalue weighted by atomic mass is 19.1. The number of anilines is 1. The predicted octanol–water partition coefficient (Wildman–Crippen LogP) is 0.833. The summed E-state index contributed by atoms with van der Waals surface area (Å²) in [5.74, 6) is -0.659. The number of carbonyl (C=O) groups is 1. The van der Waals surface area contributed by atoms with Crippen LogP contribution in [0.4, 0.5) is 10.1 Å². The van der Waals surface area contributed by atoms with Gasteiger partial charge in [-0.1, -0.05) is 0 Å². The number of nitrogens with one attached hydrogen (secondary N) is 1. The SMILES string of the molecule is CC1NN=C2c3cc(F)ccc3N(CCCN)C(=O)C21. The van der Waals surface area contributed by atoms with Crippen molar-refractivity contribution in [1.82, 2.24) is 5.43 Å². The summed E-state index contributed by atoms with van der Waals surface area (Å²) in [7, 11) is 0. The van der Waals surface area contributed by atoms with Crippen LogP contribution in [-0.2, 0) is 4.79 Å². The lowest BCUT2D eigenvalue weighted by atomic mass is 9.86. The summed E-state index contributed by atoms with van der Waals surface area (Å²) in [6, 6.07) is 4.38. The van der Waals surface area contributed by atoms with Crippen LogP contribution in [0.5, 0.6) is 0 Å². The zero-order valence-corrected chi connectivity index (χ0v) is 11.3. The molecular formula is C14H17FN4O. The summed E-state index contributed by atoms with van der Waals surface area (Å²) in [5, 5.41) is 4.21. The molecule has 3 N–H and O–H groups in total. The van der Waals surface area contributed by atoms with Gasteiger partial charge in [0.25, 0.3) is 0 Å². The Morgan fingerprint density at radius 1 is 1.50 bits per heavy atom. The van der Waals surface area contributed by atoms with Gasteiger partial charge in [-0.25, -0.2) is 4.39 Å². The van der Waals surface area contributed by atoms with Crippen LogP contribution in [0.25, 0.3) is 0 Å². The third kappa shape index (κ3) is 1.87. The molecule has 0 saturated heterocycles. The third-order valence-corrected chi connectivity index (χ3v) is 3.83. The number of amides is 1. The normalized spacial score (nSPS) is 24.1. The van der Waals surface area contributed by atoms with E-state index in [2.05, 4.69) is 10.5 Å². The Hall–Kier alpha value is -1.95. The van der Waals surface area contributed by atoms with Crippen LogP contribution < -0.4 is 16.1 Å². The third-order valence-electron chi connectivity index (χ3n) is 3.83. The zero-order chi connectivity index (χ0) is 14.3. The van der Waals surface area contributed by atoms with E-state index < -0.39 is 0 Å². The van der Waals surface area contributed by atoms with Gasteiger partial charge in [0.05, 0.1) is 17.4 Å². The van der Waals surface area contributed by atoms with Crippen molar-refractivity contribution in [1.29, 1.82) is 0 Å². The van der Waals surface area contributed by atoms with Crippen molar-refractivity contribution in [2.75, 3.05) is 18.0 Å². The standard InChI is InChI=1S/C14H17FN4O/c1-8-12-13(18-17-8)10-7-9(15)3-4-11(10)19(14(12)20)6-2-5-16/h3-4,7-8,12,17H,2,5-6,16H2,1H3. The summed E-state index contributed by atoms with van der Waals surface area (Å²) in [4.78, 5) is 14.3. The number of halogens is 1. The van der Waals surface area contributed by atoms with Crippen LogP contribution in [0.2, 0.25) is 0 Å². The second-order valence-electron chi connectivity index (χ2n) is 5.19. The number of hydrazone groups is 1. The highest BCUT2D eigenvalue weighted by Crippen LogP contribution is 2.35. The Morgan fingerprint density at radius 3 is 3.05 bits per heavy atom. The molecule has 106 valence electrons. The van der Waals surface area contributed by atoms with Crippen LogP contribution in [0.3, 0.4) is 0 Å². The van der Waals surface area contributed by atoms with Crippen LogP contribution in [-0.4, -0.2) is 30.8 Å². The second kappa shape index (κ2) is 4.86. The van der Waals surface area contributed by atoms with Gasteiger partial charge in [0.15, 0.2) is 0 Å². The highest BCUT2D eigenvalue weighted by Gasteiger charge is 2.43. The lowest BCUT2D eigenvalue weighted by molar-refractivity contribution is -0.121. The van der Waals surface area contributed by atoms with Crippen molar-refractivity contribution >= 4 is 17.3 Å². The topological polar surface area (TPSA) is 70.7 Å². The molecule has 0 aliphatic carbocycles. The molecule has 0 saturated carbocycles. The van der Waals surface area contributed by atoms with Crippen molar-refractivity contribution in [3.8, 4) is 0 Å². The molecule has 0 spiro atoms. The Bertz CT molecular complexity index is 587. The molecule has 6 heteroatoms. The molecule has 2 atom stereocenters. The smallest absolute Gasteiger partial charge is 0.238 e. The van der Waals surface area contributed by atoms with Gasteiger partial charge in [-0.05, 0) is 38.1 Å². The molecule has 20 heavy (non-hydrogen) atoms. The van der Waals surface area contributed by atoms with E-state index in [0.717, 1.165) is 5.69 Å². The highest BCUT2D eigenvalue weighted by molar-refractivity contribution is 6.24. The molecule has 2 aliphatic rings. The summed E-state index contributed by atoms with van der Waals surface area (Å²) < 4.78 is 13.5. The van der Waals surface area contributed by atoms with E-state index in [4.69, 9.17) is 5.73 Å². The minimum atomic E-state index is -0.345. The number of fused-ring (bicyclic) bond motifs is 3. The summed E-state index contributed by atoms with van der Waals surface area (Å²) >= 11 is 0. The fourth-order valence-corrected chi connectivity index (χ4v) is 2.83.